The summed E-state index contributed by atoms with van der Waals surface area (Å²) in [6.45, 7) is 0.0566. The minimum Gasteiger partial charge on any atom is -0.337 e. The van der Waals surface area contributed by atoms with Gasteiger partial charge in [-0.2, -0.15) is 4.98 Å². The Kier molecular flexibility index (Phi) is 3.97. The highest BCUT2D eigenvalue weighted by molar-refractivity contribution is 5.72. The number of pyridine rings is 1. The Balaban J connectivity index is 1.32. The molecule has 0 aliphatic heterocycles. The van der Waals surface area contributed by atoms with E-state index in [1.165, 1.54) is 29.1 Å². The molecule has 0 unspecified atom stereocenters. The summed E-state index contributed by atoms with van der Waals surface area (Å²) < 4.78 is 35.0. The molecule has 7 nitrogen and oxygen atoms in total. The van der Waals surface area contributed by atoms with Gasteiger partial charge in [-0.25, -0.2) is 18.7 Å². The largest absolute Gasteiger partial charge is 0.337 e. The molecule has 0 spiro atoms. The third-order valence-corrected chi connectivity index (χ3v) is 5.23. The summed E-state index contributed by atoms with van der Waals surface area (Å²) >= 11 is 0. The van der Waals surface area contributed by atoms with E-state index < -0.39 is 11.5 Å². The lowest BCUT2D eigenvalue weighted by Gasteiger charge is -2.40. The van der Waals surface area contributed by atoms with Crippen molar-refractivity contribution in [1.82, 2.24) is 24.7 Å². The van der Waals surface area contributed by atoms with Crippen molar-refractivity contribution in [3.05, 3.63) is 82.4 Å². The van der Waals surface area contributed by atoms with Crippen LogP contribution in [-0.2, 0) is 12.2 Å². The minimum atomic E-state index is -1.60. The zero-order valence-electron chi connectivity index (χ0n) is 15.1. The second kappa shape index (κ2) is 6.54. The maximum Gasteiger partial charge on any atom is 0.263 e. The minimum absolute atomic E-state index is 0.0566. The molecule has 1 aliphatic rings. The van der Waals surface area contributed by atoms with E-state index in [4.69, 9.17) is 4.52 Å². The predicted molar refractivity (Wildman–Crippen MR) is 98.4 cm³/mol. The normalized spacial score (nSPS) is 21.2. The second-order valence-corrected chi connectivity index (χ2v) is 7.18. The molecule has 4 aromatic rings. The molecule has 1 saturated carbocycles. The lowest BCUT2D eigenvalue weighted by molar-refractivity contribution is 0.0333. The Morgan fingerprint density at radius 1 is 1.21 bits per heavy atom. The quantitative estimate of drug-likeness (QED) is 0.528. The van der Waals surface area contributed by atoms with E-state index in [0.29, 0.717) is 22.4 Å². The average molecular weight is 395 g/mol. The first-order valence-electron chi connectivity index (χ1n) is 9.09. The van der Waals surface area contributed by atoms with Crippen LogP contribution >= 0.6 is 0 Å². The van der Waals surface area contributed by atoms with Crippen LogP contribution in [0.15, 0.2) is 58.2 Å². The summed E-state index contributed by atoms with van der Waals surface area (Å²) in [6, 6.07) is 8.89. The maximum absolute atomic E-state index is 15.0. The Labute approximate surface area is 163 Å². The number of hydrogen-bond acceptors (Lipinski definition) is 6. The number of hydrogen-bond donors (Lipinski definition) is 0. The molecule has 1 fully saturated rings. The molecule has 0 atom stereocenters. The Bertz CT molecular complexity index is 1260. The van der Waals surface area contributed by atoms with E-state index in [0.717, 1.165) is 0 Å². The zero-order chi connectivity index (χ0) is 20.0. The summed E-state index contributed by atoms with van der Waals surface area (Å²) in [5.74, 6) is -0.0757. The lowest BCUT2D eigenvalue weighted by atomic mass is 9.68. The molecule has 3 aromatic heterocycles. The van der Waals surface area contributed by atoms with Crippen LogP contribution in [-0.4, -0.2) is 24.7 Å². The molecule has 3 heterocycles. The fourth-order valence-corrected chi connectivity index (χ4v) is 3.66. The third-order valence-electron chi connectivity index (χ3n) is 5.23. The van der Waals surface area contributed by atoms with E-state index in [1.54, 1.807) is 24.4 Å². The van der Waals surface area contributed by atoms with Gasteiger partial charge in [0, 0.05) is 12.1 Å². The van der Waals surface area contributed by atoms with E-state index >= 15 is 0 Å². The average Bonchev–Trinajstić information content (AvgIpc) is 3.16. The van der Waals surface area contributed by atoms with E-state index in [9.17, 15) is 13.6 Å². The van der Waals surface area contributed by atoms with Crippen molar-refractivity contribution in [3.8, 4) is 0 Å². The van der Waals surface area contributed by atoms with Crippen molar-refractivity contribution in [3.63, 3.8) is 0 Å². The summed E-state index contributed by atoms with van der Waals surface area (Å²) in [5.41, 5.74) is -1.17. The van der Waals surface area contributed by atoms with Crippen LogP contribution in [0, 0.1) is 5.82 Å². The number of alkyl halides is 1. The second-order valence-electron chi connectivity index (χ2n) is 7.18. The number of rotatable bonds is 4. The summed E-state index contributed by atoms with van der Waals surface area (Å²) in [7, 11) is 0. The van der Waals surface area contributed by atoms with Crippen LogP contribution < -0.4 is 5.56 Å². The monoisotopic (exact) mass is 395 g/mol. The number of benzene rings is 1. The Morgan fingerprint density at radius 2 is 2.07 bits per heavy atom. The molecule has 9 heteroatoms. The molecule has 0 N–H and O–H groups in total. The summed E-state index contributed by atoms with van der Waals surface area (Å²) in [6.07, 6.45) is 3.25. The van der Waals surface area contributed by atoms with Crippen LogP contribution in [0.3, 0.4) is 0 Å². The van der Waals surface area contributed by atoms with Crippen molar-refractivity contribution >= 4 is 11.0 Å². The van der Waals surface area contributed by atoms with Crippen LogP contribution in [0.1, 0.15) is 36.0 Å². The molecular formula is C20H15F2N5O2. The molecule has 29 heavy (non-hydrogen) atoms. The molecule has 0 radical (unpaired) electrons. The van der Waals surface area contributed by atoms with Crippen LogP contribution in [0.25, 0.3) is 11.0 Å². The molecule has 0 amide bonds. The van der Waals surface area contributed by atoms with E-state index in [-0.39, 0.29) is 36.8 Å². The number of aromatic nitrogens is 5. The van der Waals surface area contributed by atoms with Gasteiger partial charge >= 0.3 is 0 Å². The molecule has 0 saturated heterocycles. The third kappa shape index (κ3) is 3.08. The van der Waals surface area contributed by atoms with E-state index in [2.05, 4.69) is 20.1 Å². The van der Waals surface area contributed by atoms with Gasteiger partial charge in [0.05, 0.1) is 5.39 Å². The van der Waals surface area contributed by atoms with Gasteiger partial charge < -0.3 is 4.52 Å². The number of nitrogens with zero attached hydrogens (tertiary/aromatic N) is 5. The number of halogens is 2. The van der Waals surface area contributed by atoms with Gasteiger partial charge in [0.2, 0.25) is 5.89 Å². The van der Waals surface area contributed by atoms with Gasteiger partial charge in [-0.3, -0.25) is 9.36 Å². The smallest absolute Gasteiger partial charge is 0.263 e. The fourth-order valence-electron chi connectivity index (χ4n) is 3.66. The van der Waals surface area contributed by atoms with Gasteiger partial charge in [0.15, 0.2) is 11.5 Å². The highest BCUT2D eigenvalue weighted by Crippen LogP contribution is 2.53. The fraction of sp³-hybridized carbons (Fsp3) is 0.250. The first kappa shape index (κ1) is 17.6. The molecular weight excluding hydrogens is 380 g/mol. The van der Waals surface area contributed by atoms with Crippen LogP contribution in [0.4, 0.5) is 8.78 Å². The van der Waals surface area contributed by atoms with Crippen molar-refractivity contribution in [2.75, 3.05) is 0 Å². The first-order valence-corrected chi connectivity index (χ1v) is 9.09. The summed E-state index contributed by atoms with van der Waals surface area (Å²) in [4.78, 5) is 25.0. The van der Waals surface area contributed by atoms with Gasteiger partial charge in [0.25, 0.3) is 5.56 Å². The van der Waals surface area contributed by atoms with Gasteiger partial charge in [0.1, 0.15) is 24.4 Å². The molecule has 1 aliphatic carbocycles. The highest BCUT2D eigenvalue weighted by Gasteiger charge is 2.48. The van der Waals surface area contributed by atoms with Crippen molar-refractivity contribution in [1.29, 1.82) is 0 Å². The van der Waals surface area contributed by atoms with Crippen molar-refractivity contribution < 1.29 is 13.3 Å². The molecule has 0 bridgehead atoms. The summed E-state index contributed by atoms with van der Waals surface area (Å²) in [5, 5.41) is 4.32. The van der Waals surface area contributed by atoms with E-state index in [1.807, 2.05) is 0 Å². The zero-order valence-corrected chi connectivity index (χ0v) is 15.1. The lowest BCUT2D eigenvalue weighted by Crippen LogP contribution is -2.36. The first-order chi connectivity index (χ1) is 14.0. The van der Waals surface area contributed by atoms with Crippen LogP contribution in [0.2, 0.25) is 0 Å². The molecule has 1 aromatic carbocycles. The maximum atomic E-state index is 15.0. The van der Waals surface area contributed by atoms with Gasteiger partial charge in [-0.15, -0.1) is 0 Å². The highest BCUT2D eigenvalue weighted by atomic mass is 19.1. The van der Waals surface area contributed by atoms with Crippen LogP contribution in [0.5, 0.6) is 0 Å². The Hall–Kier alpha value is -3.49. The Morgan fingerprint density at radius 3 is 2.90 bits per heavy atom. The topological polar surface area (TPSA) is 86.7 Å². The number of fused-ring (bicyclic) bond motifs is 1. The standard InChI is InChI=1S/C20H15F2N5O2/c21-14-4-1-3-13(7-14)20(22)8-12(9-20)17-25-16(29-26-17)10-27-11-24-18-15(19(27)28)5-2-6-23-18/h1-7,11-12H,8-10H2/t12-,20+. The van der Waals surface area contributed by atoms with Gasteiger partial charge in [-0.05, 0) is 42.7 Å². The van der Waals surface area contributed by atoms with Crippen molar-refractivity contribution in [2.45, 2.75) is 31.0 Å². The molecule has 146 valence electrons. The SMILES string of the molecule is O=c1c2cccnc2ncn1Cc1nc([C@H]2C[C@](F)(c3cccc(F)c3)C2)no1. The van der Waals surface area contributed by atoms with Crippen molar-refractivity contribution in [2.24, 2.45) is 0 Å². The van der Waals surface area contributed by atoms with Gasteiger partial charge in [-0.1, -0.05) is 17.3 Å². The predicted octanol–water partition coefficient (Wildman–Crippen LogP) is 3.10. The molecule has 5 rings (SSSR count).